The lowest BCUT2D eigenvalue weighted by molar-refractivity contribution is 0.106. The highest BCUT2D eigenvalue weighted by molar-refractivity contribution is 4.76. The molecule has 0 radical (unpaired) electrons. The van der Waals surface area contributed by atoms with E-state index in [2.05, 4.69) is 37.5 Å². The maximum Gasteiger partial charge on any atom is 0.0113 e. The molecular weight excluding hydrogens is 280 g/mol. The molecule has 1 aliphatic carbocycles. The molecule has 1 aliphatic heterocycles. The molecule has 0 bridgehead atoms. The molecule has 0 amide bonds. The van der Waals surface area contributed by atoms with Crippen LogP contribution in [0.25, 0.3) is 0 Å². The molecule has 0 aromatic carbocycles. The van der Waals surface area contributed by atoms with Crippen LogP contribution in [0.15, 0.2) is 0 Å². The van der Waals surface area contributed by atoms with Crippen molar-refractivity contribution in [1.29, 1.82) is 0 Å². The molecule has 2 fully saturated rings. The van der Waals surface area contributed by atoms with E-state index in [-0.39, 0.29) is 0 Å². The molecule has 0 atom stereocenters. The molecule has 2 aliphatic rings. The highest BCUT2D eigenvalue weighted by Crippen LogP contribution is 2.34. The first kappa shape index (κ1) is 19.2. The second-order valence-corrected chi connectivity index (χ2v) is 8.98. The Bertz CT molecular complexity index is 297. The number of nitrogens with zero attached hydrogens (tertiary/aromatic N) is 2. The van der Waals surface area contributed by atoms with Gasteiger partial charge < -0.3 is 4.90 Å². The van der Waals surface area contributed by atoms with Gasteiger partial charge in [-0.15, -0.1) is 0 Å². The van der Waals surface area contributed by atoms with E-state index in [1.165, 1.54) is 84.1 Å². The quantitative estimate of drug-likeness (QED) is 0.578. The van der Waals surface area contributed by atoms with Gasteiger partial charge in [0.25, 0.3) is 0 Å². The van der Waals surface area contributed by atoms with Crippen LogP contribution in [0.1, 0.15) is 79.1 Å². The summed E-state index contributed by atoms with van der Waals surface area (Å²) in [5.41, 5.74) is 0. The molecule has 1 heterocycles. The number of rotatable bonds is 8. The Hall–Kier alpha value is -0.0800. The molecule has 2 rings (SSSR count). The molecule has 23 heavy (non-hydrogen) atoms. The largest absolute Gasteiger partial charge is 0.301 e. The van der Waals surface area contributed by atoms with E-state index >= 15 is 0 Å². The Kier molecular flexibility index (Phi) is 8.40. The van der Waals surface area contributed by atoms with Gasteiger partial charge in [-0.05, 0) is 51.0 Å². The Balaban J connectivity index is 1.49. The van der Waals surface area contributed by atoms with Crippen LogP contribution in [0.5, 0.6) is 0 Å². The van der Waals surface area contributed by atoms with Gasteiger partial charge in [0.05, 0.1) is 0 Å². The summed E-state index contributed by atoms with van der Waals surface area (Å²) in [5, 5.41) is 0. The van der Waals surface area contributed by atoms with Gasteiger partial charge in [-0.1, -0.05) is 52.4 Å². The van der Waals surface area contributed by atoms with Gasteiger partial charge in [-0.25, -0.2) is 0 Å². The van der Waals surface area contributed by atoms with Crippen molar-refractivity contribution in [3.8, 4) is 0 Å². The standard InChI is InChI=1S/C21H42N2/c1-18(2)17-21-10-8-20(9-11-21)7-5-6-12-22-13-15-23(16-14-22)19(3)4/h18-21H,5-17H2,1-4H3. The molecule has 2 heteroatoms. The van der Waals surface area contributed by atoms with E-state index in [1.807, 2.05) is 0 Å². The van der Waals surface area contributed by atoms with E-state index in [0.717, 1.165) is 23.8 Å². The number of unbranched alkanes of at least 4 members (excludes halogenated alkanes) is 1. The topological polar surface area (TPSA) is 6.48 Å². The summed E-state index contributed by atoms with van der Waals surface area (Å²) in [6.07, 6.45) is 11.9. The predicted molar refractivity (Wildman–Crippen MR) is 102 cm³/mol. The van der Waals surface area contributed by atoms with Crippen molar-refractivity contribution in [3.05, 3.63) is 0 Å². The first-order valence-electron chi connectivity index (χ1n) is 10.5. The van der Waals surface area contributed by atoms with Crippen LogP contribution >= 0.6 is 0 Å². The molecule has 0 aromatic heterocycles. The first-order chi connectivity index (χ1) is 11.0. The first-order valence-corrected chi connectivity index (χ1v) is 10.5. The van der Waals surface area contributed by atoms with Gasteiger partial charge in [0.15, 0.2) is 0 Å². The van der Waals surface area contributed by atoms with Crippen LogP contribution in [-0.2, 0) is 0 Å². The van der Waals surface area contributed by atoms with Crippen LogP contribution < -0.4 is 0 Å². The summed E-state index contributed by atoms with van der Waals surface area (Å²) in [6, 6.07) is 0.725. The van der Waals surface area contributed by atoms with Crippen molar-refractivity contribution >= 4 is 0 Å². The molecule has 0 spiro atoms. The number of hydrogen-bond donors (Lipinski definition) is 0. The van der Waals surface area contributed by atoms with Crippen molar-refractivity contribution in [2.24, 2.45) is 17.8 Å². The zero-order chi connectivity index (χ0) is 16.7. The van der Waals surface area contributed by atoms with Gasteiger partial charge in [0.1, 0.15) is 0 Å². The molecule has 0 aromatic rings. The minimum Gasteiger partial charge on any atom is -0.301 e. The Morgan fingerprint density at radius 2 is 1.39 bits per heavy atom. The summed E-state index contributed by atoms with van der Waals surface area (Å²) in [4.78, 5) is 5.31. The maximum absolute atomic E-state index is 2.69. The van der Waals surface area contributed by atoms with Gasteiger partial charge in [0.2, 0.25) is 0 Å². The second-order valence-electron chi connectivity index (χ2n) is 8.98. The lowest BCUT2D eigenvalue weighted by Crippen LogP contribution is -2.48. The highest BCUT2D eigenvalue weighted by atomic mass is 15.3. The summed E-state index contributed by atoms with van der Waals surface area (Å²) in [5.74, 6) is 2.99. The smallest absolute Gasteiger partial charge is 0.0113 e. The monoisotopic (exact) mass is 322 g/mol. The molecule has 2 nitrogen and oxygen atoms in total. The van der Waals surface area contributed by atoms with E-state index < -0.39 is 0 Å². The Labute approximate surface area is 146 Å². The summed E-state index contributed by atoms with van der Waals surface area (Å²) >= 11 is 0. The summed E-state index contributed by atoms with van der Waals surface area (Å²) in [7, 11) is 0. The summed E-state index contributed by atoms with van der Waals surface area (Å²) < 4.78 is 0. The molecule has 1 saturated carbocycles. The minimum absolute atomic E-state index is 0.725. The lowest BCUT2D eigenvalue weighted by atomic mass is 9.77. The molecule has 0 N–H and O–H groups in total. The van der Waals surface area contributed by atoms with Crippen LogP contribution in [0.3, 0.4) is 0 Å². The predicted octanol–water partition coefficient (Wildman–Crippen LogP) is 5.04. The fourth-order valence-corrected chi connectivity index (χ4v) is 4.69. The van der Waals surface area contributed by atoms with Crippen LogP contribution in [0.4, 0.5) is 0 Å². The average molecular weight is 323 g/mol. The van der Waals surface area contributed by atoms with Crippen LogP contribution in [-0.4, -0.2) is 48.6 Å². The van der Waals surface area contributed by atoms with Crippen molar-refractivity contribution < 1.29 is 0 Å². The van der Waals surface area contributed by atoms with Gasteiger partial charge >= 0.3 is 0 Å². The van der Waals surface area contributed by atoms with E-state index in [9.17, 15) is 0 Å². The summed E-state index contributed by atoms with van der Waals surface area (Å²) in [6.45, 7) is 15.9. The zero-order valence-electron chi connectivity index (χ0n) is 16.4. The van der Waals surface area contributed by atoms with Gasteiger partial charge in [0, 0.05) is 32.2 Å². The highest BCUT2D eigenvalue weighted by Gasteiger charge is 2.22. The Morgan fingerprint density at radius 3 is 1.96 bits per heavy atom. The van der Waals surface area contributed by atoms with Crippen molar-refractivity contribution in [2.45, 2.75) is 85.1 Å². The van der Waals surface area contributed by atoms with E-state index in [0.29, 0.717) is 0 Å². The van der Waals surface area contributed by atoms with Crippen LogP contribution in [0.2, 0.25) is 0 Å². The van der Waals surface area contributed by atoms with Crippen molar-refractivity contribution in [3.63, 3.8) is 0 Å². The third-order valence-corrected chi connectivity index (χ3v) is 6.24. The maximum atomic E-state index is 2.69. The van der Waals surface area contributed by atoms with E-state index in [4.69, 9.17) is 0 Å². The third kappa shape index (κ3) is 7.13. The van der Waals surface area contributed by atoms with Crippen molar-refractivity contribution in [2.75, 3.05) is 32.7 Å². The number of piperazine rings is 1. The minimum atomic E-state index is 0.725. The molecule has 0 unspecified atom stereocenters. The second kappa shape index (κ2) is 10.0. The van der Waals surface area contributed by atoms with Crippen molar-refractivity contribution in [1.82, 2.24) is 9.80 Å². The van der Waals surface area contributed by atoms with Gasteiger partial charge in [-0.2, -0.15) is 0 Å². The normalized spacial score (nSPS) is 27.9. The average Bonchev–Trinajstić information content (AvgIpc) is 2.53. The number of hydrogen-bond acceptors (Lipinski definition) is 2. The van der Waals surface area contributed by atoms with Gasteiger partial charge in [-0.3, -0.25) is 4.90 Å². The fourth-order valence-electron chi connectivity index (χ4n) is 4.69. The SMILES string of the molecule is CC(C)CC1CCC(CCCCN2CCN(C(C)C)CC2)CC1. The molecular formula is C21H42N2. The fraction of sp³-hybridized carbons (Fsp3) is 1.00. The zero-order valence-corrected chi connectivity index (χ0v) is 16.4. The van der Waals surface area contributed by atoms with E-state index in [1.54, 1.807) is 0 Å². The lowest BCUT2D eigenvalue weighted by Gasteiger charge is -2.37. The Morgan fingerprint density at radius 1 is 0.783 bits per heavy atom. The van der Waals surface area contributed by atoms with Crippen LogP contribution in [0, 0.1) is 17.8 Å². The molecule has 1 saturated heterocycles. The third-order valence-electron chi connectivity index (χ3n) is 6.24. The molecule has 136 valence electrons.